The van der Waals surface area contributed by atoms with Crippen LogP contribution in [0.1, 0.15) is 13.8 Å². The molecule has 0 spiro atoms. The lowest BCUT2D eigenvalue weighted by atomic mass is 10.2. The highest BCUT2D eigenvalue weighted by Gasteiger charge is 2.02. The predicted octanol–water partition coefficient (Wildman–Crippen LogP) is 0.562. The molecule has 0 aromatic heterocycles. The molecule has 0 radical (unpaired) electrons. The van der Waals surface area contributed by atoms with Crippen molar-refractivity contribution in [3.8, 4) is 0 Å². The molecule has 0 aliphatic carbocycles. The fourth-order valence-electron chi connectivity index (χ4n) is 0.593. The van der Waals surface area contributed by atoms with Crippen molar-refractivity contribution >= 4 is 0 Å². The highest BCUT2D eigenvalue weighted by Crippen LogP contribution is 1.89. The summed E-state index contributed by atoms with van der Waals surface area (Å²) in [7, 11) is 0. The second-order valence-electron chi connectivity index (χ2n) is 2.83. The maximum absolute atomic E-state index is 12.3. The maximum atomic E-state index is 12.3. The molecular weight excluding hydrogens is 133 g/mol. The van der Waals surface area contributed by atoms with Gasteiger partial charge in [-0.15, -0.1) is 0 Å². The van der Waals surface area contributed by atoms with Gasteiger partial charge in [0.2, 0.25) is 0 Å². The normalized spacial score (nSPS) is 14.1. The molecule has 1 atom stereocenters. The molecule has 0 aromatic rings. The fraction of sp³-hybridized carbons (Fsp3) is 1.00. The zero-order valence-electron chi connectivity index (χ0n) is 6.60. The minimum atomic E-state index is -1.11. The van der Waals surface area contributed by atoms with Crippen molar-refractivity contribution in [2.75, 3.05) is 19.7 Å². The number of alkyl halides is 1. The van der Waals surface area contributed by atoms with Crippen LogP contribution in [0.3, 0.4) is 0 Å². The number of rotatable bonds is 5. The van der Waals surface area contributed by atoms with Crippen molar-refractivity contribution in [2.45, 2.75) is 20.0 Å². The van der Waals surface area contributed by atoms with Crippen molar-refractivity contribution in [1.29, 1.82) is 0 Å². The molecule has 0 aliphatic rings. The average molecular weight is 149 g/mol. The Kier molecular flexibility index (Phi) is 5.54. The summed E-state index contributed by atoms with van der Waals surface area (Å²) in [5.41, 5.74) is 0. The van der Waals surface area contributed by atoms with Gasteiger partial charge < -0.3 is 10.4 Å². The van der Waals surface area contributed by atoms with E-state index in [2.05, 4.69) is 19.2 Å². The Morgan fingerprint density at radius 2 is 2.00 bits per heavy atom. The smallest absolute Gasteiger partial charge is 0.135 e. The van der Waals surface area contributed by atoms with E-state index in [1.807, 2.05) is 0 Å². The number of hydrogen-bond acceptors (Lipinski definition) is 2. The number of aliphatic hydroxyl groups excluding tert-OH is 1. The summed E-state index contributed by atoms with van der Waals surface area (Å²) in [5.74, 6) is 0.533. The molecule has 2 nitrogen and oxygen atoms in total. The third-order valence-corrected chi connectivity index (χ3v) is 1.12. The topological polar surface area (TPSA) is 32.3 Å². The minimum Gasteiger partial charge on any atom is -0.393 e. The molecule has 0 bridgehead atoms. The van der Waals surface area contributed by atoms with E-state index in [1.165, 1.54) is 0 Å². The van der Waals surface area contributed by atoms with E-state index in [0.29, 0.717) is 5.92 Å². The van der Waals surface area contributed by atoms with Crippen molar-refractivity contribution < 1.29 is 9.50 Å². The van der Waals surface area contributed by atoms with Crippen LogP contribution in [0.15, 0.2) is 0 Å². The van der Waals surface area contributed by atoms with Crippen LogP contribution < -0.4 is 5.32 Å². The van der Waals surface area contributed by atoms with Crippen LogP contribution in [0.25, 0.3) is 0 Å². The predicted molar refractivity (Wildman–Crippen MR) is 39.7 cm³/mol. The number of hydrogen-bond donors (Lipinski definition) is 2. The van der Waals surface area contributed by atoms with Crippen LogP contribution in [-0.4, -0.2) is 31.0 Å². The molecular formula is C7H16FNO. The standard InChI is InChI=1S/C7H16FNO/c1-6(2)3-9-4-7(8)5-10/h6-7,9-10H,3-5H2,1-2H3. The van der Waals surface area contributed by atoms with Gasteiger partial charge in [-0.3, -0.25) is 0 Å². The summed E-state index contributed by atoms with van der Waals surface area (Å²) in [5, 5.41) is 11.2. The van der Waals surface area contributed by atoms with E-state index in [9.17, 15) is 4.39 Å². The van der Waals surface area contributed by atoms with E-state index < -0.39 is 6.17 Å². The molecule has 10 heavy (non-hydrogen) atoms. The monoisotopic (exact) mass is 149 g/mol. The van der Waals surface area contributed by atoms with Crippen LogP contribution >= 0.6 is 0 Å². The Morgan fingerprint density at radius 3 is 2.40 bits per heavy atom. The summed E-state index contributed by atoms with van der Waals surface area (Å²) in [6.45, 7) is 4.79. The lowest BCUT2D eigenvalue weighted by molar-refractivity contribution is 0.174. The number of halogens is 1. The van der Waals surface area contributed by atoms with E-state index in [4.69, 9.17) is 5.11 Å². The first-order valence-electron chi connectivity index (χ1n) is 3.62. The highest BCUT2D eigenvalue weighted by molar-refractivity contribution is 4.58. The fourth-order valence-corrected chi connectivity index (χ4v) is 0.593. The third kappa shape index (κ3) is 5.98. The lowest BCUT2D eigenvalue weighted by Crippen LogP contribution is -2.29. The van der Waals surface area contributed by atoms with Gasteiger partial charge in [0.15, 0.2) is 0 Å². The zero-order chi connectivity index (χ0) is 7.98. The summed E-state index contributed by atoms with van der Waals surface area (Å²) in [4.78, 5) is 0. The first-order chi connectivity index (χ1) is 4.66. The first-order valence-corrected chi connectivity index (χ1v) is 3.62. The SMILES string of the molecule is CC(C)CNCC(F)CO. The molecule has 0 rings (SSSR count). The molecule has 2 N–H and O–H groups in total. The molecule has 0 aliphatic heterocycles. The molecule has 0 saturated heterocycles. The molecule has 0 amide bonds. The highest BCUT2D eigenvalue weighted by atomic mass is 19.1. The van der Waals surface area contributed by atoms with E-state index >= 15 is 0 Å². The van der Waals surface area contributed by atoms with Gasteiger partial charge >= 0.3 is 0 Å². The third-order valence-electron chi connectivity index (χ3n) is 1.12. The summed E-state index contributed by atoms with van der Waals surface area (Å²) in [6, 6.07) is 0. The van der Waals surface area contributed by atoms with Crippen LogP contribution in [0.5, 0.6) is 0 Å². The van der Waals surface area contributed by atoms with Crippen molar-refractivity contribution in [2.24, 2.45) is 5.92 Å². The van der Waals surface area contributed by atoms with Crippen LogP contribution in [0.4, 0.5) is 4.39 Å². The Morgan fingerprint density at radius 1 is 1.40 bits per heavy atom. The van der Waals surface area contributed by atoms with Gasteiger partial charge in [-0.2, -0.15) is 0 Å². The molecule has 0 heterocycles. The Bertz CT molecular complexity index is 78.0. The number of aliphatic hydroxyl groups is 1. The van der Waals surface area contributed by atoms with Gasteiger partial charge in [0.1, 0.15) is 6.17 Å². The van der Waals surface area contributed by atoms with Crippen LogP contribution in [0.2, 0.25) is 0 Å². The van der Waals surface area contributed by atoms with Gasteiger partial charge in [0, 0.05) is 6.54 Å². The van der Waals surface area contributed by atoms with Crippen molar-refractivity contribution in [1.82, 2.24) is 5.32 Å². The van der Waals surface area contributed by atoms with Crippen molar-refractivity contribution in [3.63, 3.8) is 0 Å². The summed E-state index contributed by atoms with van der Waals surface area (Å²) >= 11 is 0. The first kappa shape index (κ1) is 9.85. The van der Waals surface area contributed by atoms with Crippen LogP contribution in [0, 0.1) is 5.92 Å². The summed E-state index contributed by atoms with van der Waals surface area (Å²) in [6.07, 6.45) is -1.11. The Balaban J connectivity index is 3.03. The van der Waals surface area contributed by atoms with Gasteiger partial charge in [0.05, 0.1) is 6.61 Å². The Hall–Kier alpha value is -0.150. The summed E-state index contributed by atoms with van der Waals surface area (Å²) < 4.78 is 12.3. The molecule has 1 unspecified atom stereocenters. The second-order valence-corrected chi connectivity index (χ2v) is 2.83. The zero-order valence-corrected chi connectivity index (χ0v) is 6.60. The molecule has 0 aromatic carbocycles. The van der Waals surface area contributed by atoms with Gasteiger partial charge in [-0.1, -0.05) is 13.8 Å². The molecule has 3 heteroatoms. The molecule has 0 fully saturated rings. The van der Waals surface area contributed by atoms with E-state index in [0.717, 1.165) is 6.54 Å². The quantitative estimate of drug-likeness (QED) is 0.598. The minimum absolute atomic E-state index is 0.259. The van der Waals surface area contributed by atoms with Gasteiger partial charge in [-0.25, -0.2) is 4.39 Å². The maximum Gasteiger partial charge on any atom is 0.135 e. The molecule has 0 saturated carbocycles. The van der Waals surface area contributed by atoms with E-state index in [-0.39, 0.29) is 13.2 Å². The molecule has 62 valence electrons. The van der Waals surface area contributed by atoms with Gasteiger partial charge in [0.25, 0.3) is 0 Å². The van der Waals surface area contributed by atoms with Gasteiger partial charge in [-0.05, 0) is 12.5 Å². The largest absolute Gasteiger partial charge is 0.393 e. The van der Waals surface area contributed by atoms with E-state index in [1.54, 1.807) is 0 Å². The number of nitrogens with one attached hydrogen (secondary N) is 1. The average Bonchev–Trinajstić information content (AvgIpc) is 1.87. The van der Waals surface area contributed by atoms with Crippen molar-refractivity contribution in [3.05, 3.63) is 0 Å². The second kappa shape index (κ2) is 5.62. The Labute approximate surface area is 61.4 Å². The van der Waals surface area contributed by atoms with Crippen LogP contribution in [-0.2, 0) is 0 Å². The lowest BCUT2D eigenvalue weighted by Gasteiger charge is -2.08.